The third-order valence-corrected chi connectivity index (χ3v) is 4.63. The van der Waals surface area contributed by atoms with E-state index in [9.17, 15) is 9.59 Å². The lowest BCUT2D eigenvalue weighted by Crippen LogP contribution is -2.41. The van der Waals surface area contributed by atoms with Crippen LogP contribution in [0.25, 0.3) is 0 Å². The third-order valence-electron chi connectivity index (χ3n) is 3.60. The Morgan fingerprint density at radius 2 is 1.70 bits per heavy atom. The Morgan fingerprint density at radius 1 is 1.11 bits per heavy atom. The first-order chi connectivity index (χ1) is 12.8. The zero-order valence-corrected chi connectivity index (χ0v) is 17.1. The number of carbonyl (C=O) groups excluding carboxylic acids is 2. The van der Waals surface area contributed by atoms with Crippen molar-refractivity contribution >= 4 is 58.1 Å². The average Bonchev–Trinajstić information content (AvgIpc) is 2.61. The van der Waals surface area contributed by atoms with Crippen LogP contribution in [0, 0.1) is 0 Å². The maximum Gasteiger partial charge on any atom is 0.338 e. The van der Waals surface area contributed by atoms with Gasteiger partial charge in [0.05, 0.1) is 18.7 Å². The molecule has 27 heavy (non-hydrogen) atoms. The van der Waals surface area contributed by atoms with Gasteiger partial charge in [0, 0.05) is 28.2 Å². The van der Waals surface area contributed by atoms with E-state index in [1.807, 2.05) is 0 Å². The van der Waals surface area contributed by atoms with Crippen LogP contribution in [0.1, 0.15) is 29.8 Å². The maximum atomic E-state index is 11.8. The number of carbonyl (C=O) groups is 2. The summed E-state index contributed by atoms with van der Waals surface area (Å²) < 4.78 is 4.99. The lowest BCUT2D eigenvalue weighted by Gasteiger charge is -2.26. The predicted octanol–water partition coefficient (Wildman–Crippen LogP) is 4.60. The molecule has 0 unspecified atom stereocenters. The SMILES string of the molecule is CCOC(=O)c1ccc(N(Cc2c(Cl)cccc2Cl)C(=S)NC(C)=O)cc1. The molecule has 0 heterocycles. The fourth-order valence-electron chi connectivity index (χ4n) is 2.33. The van der Waals surface area contributed by atoms with Crippen molar-refractivity contribution < 1.29 is 14.3 Å². The van der Waals surface area contributed by atoms with Crippen molar-refractivity contribution in [1.82, 2.24) is 5.32 Å². The molecule has 0 fully saturated rings. The first kappa shape index (κ1) is 21.2. The second-order valence-corrected chi connectivity index (χ2v) is 6.74. The number of halogens is 2. The lowest BCUT2D eigenvalue weighted by molar-refractivity contribution is -0.117. The average molecular weight is 425 g/mol. The number of nitrogens with zero attached hydrogens (tertiary/aromatic N) is 1. The van der Waals surface area contributed by atoms with E-state index in [-0.39, 0.29) is 17.6 Å². The molecule has 0 aliphatic heterocycles. The molecule has 2 aromatic carbocycles. The minimum absolute atomic E-state index is 0.197. The minimum atomic E-state index is -0.408. The standard InChI is InChI=1S/C19H18Cl2N2O3S/c1-3-26-18(25)13-7-9-14(10-8-13)23(19(27)22-12(2)24)11-15-16(20)5-4-6-17(15)21/h4-10H,3,11H2,1-2H3,(H,22,24,27). The van der Waals surface area contributed by atoms with Gasteiger partial charge in [-0.3, -0.25) is 4.79 Å². The topological polar surface area (TPSA) is 58.6 Å². The summed E-state index contributed by atoms with van der Waals surface area (Å²) in [5.41, 5.74) is 1.75. The summed E-state index contributed by atoms with van der Waals surface area (Å²) in [4.78, 5) is 25.0. The Bertz CT molecular complexity index is 836. The Hall–Kier alpha value is -2.15. The smallest absolute Gasteiger partial charge is 0.338 e. The van der Waals surface area contributed by atoms with Crippen LogP contribution in [-0.2, 0) is 16.1 Å². The second kappa shape index (κ2) is 9.69. The van der Waals surface area contributed by atoms with Crippen molar-refractivity contribution in [2.24, 2.45) is 0 Å². The fourth-order valence-corrected chi connectivity index (χ4v) is 3.16. The number of hydrogen-bond acceptors (Lipinski definition) is 4. The number of ether oxygens (including phenoxy) is 1. The number of anilines is 1. The van der Waals surface area contributed by atoms with Crippen LogP contribution in [0.15, 0.2) is 42.5 Å². The molecule has 8 heteroatoms. The normalized spacial score (nSPS) is 10.2. The largest absolute Gasteiger partial charge is 0.462 e. The van der Waals surface area contributed by atoms with Gasteiger partial charge in [-0.2, -0.15) is 0 Å². The van der Waals surface area contributed by atoms with E-state index in [0.717, 1.165) is 0 Å². The summed E-state index contributed by atoms with van der Waals surface area (Å²) in [5, 5.41) is 3.77. The van der Waals surface area contributed by atoms with E-state index in [0.29, 0.717) is 33.5 Å². The van der Waals surface area contributed by atoms with Gasteiger partial charge < -0.3 is 15.0 Å². The third kappa shape index (κ3) is 5.66. The van der Waals surface area contributed by atoms with E-state index in [2.05, 4.69) is 5.32 Å². The summed E-state index contributed by atoms with van der Waals surface area (Å²) in [6.07, 6.45) is 0. The Labute approximate surface area is 173 Å². The van der Waals surface area contributed by atoms with Crippen molar-refractivity contribution in [3.05, 3.63) is 63.6 Å². The molecule has 1 amide bonds. The highest BCUT2D eigenvalue weighted by Crippen LogP contribution is 2.28. The van der Waals surface area contributed by atoms with Gasteiger partial charge in [-0.1, -0.05) is 29.3 Å². The summed E-state index contributed by atoms with van der Waals surface area (Å²) in [6, 6.07) is 11.9. The monoisotopic (exact) mass is 424 g/mol. The van der Waals surface area contributed by atoms with Gasteiger partial charge in [0.25, 0.3) is 0 Å². The summed E-state index contributed by atoms with van der Waals surface area (Å²) in [6.45, 7) is 3.66. The van der Waals surface area contributed by atoms with Gasteiger partial charge in [0.2, 0.25) is 5.91 Å². The van der Waals surface area contributed by atoms with Gasteiger partial charge in [0.15, 0.2) is 5.11 Å². The molecule has 1 N–H and O–H groups in total. The summed E-state index contributed by atoms with van der Waals surface area (Å²) >= 11 is 17.9. The predicted molar refractivity (Wildman–Crippen MR) is 111 cm³/mol. The molecule has 2 aromatic rings. The first-order valence-corrected chi connectivity index (χ1v) is 9.29. The molecule has 5 nitrogen and oxygen atoms in total. The van der Waals surface area contributed by atoms with Crippen LogP contribution < -0.4 is 10.2 Å². The zero-order chi connectivity index (χ0) is 20.0. The highest BCUT2D eigenvalue weighted by molar-refractivity contribution is 7.80. The van der Waals surface area contributed by atoms with E-state index in [1.165, 1.54) is 6.92 Å². The van der Waals surface area contributed by atoms with Crippen LogP contribution in [0.5, 0.6) is 0 Å². The molecule has 0 saturated heterocycles. The van der Waals surface area contributed by atoms with Crippen LogP contribution in [0.3, 0.4) is 0 Å². The Kier molecular flexibility index (Phi) is 7.59. The van der Waals surface area contributed by atoms with Gasteiger partial charge >= 0.3 is 5.97 Å². The van der Waals surface area contributed by atoms with E-state index < -0.39 is 5.97 Å². The highest BCUT2D eigenvalue weighted by atomic mass is 35.5. The molecular weight excluding hydrogens is 407 g/mol. The fraction of sp³-hybridized carbons (Fsp3) is 0.211. The molecule has 0 aromatic heterocycles. The number of benzene rings is 2. The number of nitrogens with one attached hydrogen (secondary N) is 1. The molecule has 0 saturated carbocycles. The number of esters is 1. The number of rotatable bonds is 5. The molecule has 0 spiro atoms. The van der Waals surface area contributed by atoms with Crippen molar-refractivity contribution in [2.75, 3.05) is 11.5 Å². The van der Waals surface area contributed by atoms with Gasteiger partial charge in [0.1, 0.15) is 0 Å². The molecule has 0 aliphatic rings. The summed E-state index contributed by atoms with van der Waals surface area (Å²) in [7, 11) is 0. The highest BCUT2D eigenvalue weighted by Gasteiger charge is 2.18. The zero-order valence-electron chi connectivity index (χ0n) is 14.8. The van der Waals surface area contributed by atoms with Crippen molar-refractivity contribution in [2.45, 2.75) is 20.4 Å². The van der Waals surface area contributed by atoms with Crippen molar-refractivity contribution in [3.8, 4) is 0 Å². The molecule has 0 radical (unpaired) electrons. The van der Waals surface area contributed by atoms with E-state index in [1.54, 1.807) is 54.3 Å². The van der Waals surface area contributed by atoms with Crippen LogP contribution >= 0.6 is 35.4 Å². The van der Waals surface area contributed by atoms with Crippen LogP contribution in [0.4, 0.5) is 5.69 Å². The summed E-state index contributed by atoms with van der Waals surface area (Å²) in [5.74, 6) is -0.701. The molecular formula is C19H18Cl2N2O3S. The van der Waals surface area contributed by atoms with Crippen LogP contribution in [0.2, 0.25) is 10.0 Å². The molecule has 0 atom stereocenters. The van der Waals surface area contributed by atoms with Crippen molar-refractivity contribution in [3.63, 3.8) is 0 Å². The number of thiocarbonyl (C=S) groups is 1. The van der Waals surface area contributed by atoms with E-state index >= 15 is 0 Å². The Morgan fingerprint density at radius 3 is 2.22 bits per heavy atom. The van der Waals surface area contributed by atoms with Gasteiger partial charge in [-0.05, 0) is 55.5 Å². The number of amides is 1. The minimum Gasteiger partial charge on any atom is -0.462 e. The van der Waals surface area contributed by atoms with Gasteiger partial charge in [-0.15, -0.1) is 0 Å². The first-order valence-electron chi connectivity index (χ1n) is 8.12. The lowest BCUT2D eigenvalue weighted by atomic mass is 10.1. The van der Waals surface area contributed by atoms with E-state index in [4.69, 9.17) is 40.2 Å². The van der Waals surface area contributed by atoms with Gasteiger partial charge in [-0.25, -0.2) is 4.79 Å². The quantitative estimate of drug-likeness (QED) is 0.561. The molecule has 0 aliphatic carbocycles. The van der Waals surface area contributed by atoms with Crippen LogP contribution in [-0.4, -0.2) is 23.6 Å². The number of hydrogen-bond donors (Lipinski definition) is 1. The molecule has 142 valence electrons. The molecule has 0 bridgehead atoms. The van der Waals surface area contributed by atoms with Crippen molar-refractivity contribution in [1.29, 1.82) is 0 Å². The molecule has 2 rings (SSSR count). The Balaban J connectivity index is 2.36. The second-order valence-electron chi connectivity index (χ2n) is 5.54. The maximum absolute atomic E-state index is 11.8.